The van der Waals surface area contributed by atoms with Gasteiger partial charge in [0.2, 0.25) is 11.7 Å². The standard InChI is InChI=1S/C23H29ClN8/c1-15(2)11-30-13-23(14-30)7-18(8-23)28-21(25-4)29-32-6-5-19(16(32)3)17-9-26-22-27-10-20(24)31(22)12-17/h5-6,9-10,12,15,18H,4,7-8,11,13-14H2,1-3H3,(H,28,29). The third-order valence-electron chi connectivity index (χ3n) is 6.53. The Morgan fingerprint density at radius 2 is 2.06 bits per heavy atom. The van der Waals surface area contributed by atoms with E-state index in [1.807, 2.05) is 30.1 Å². The highest BCUT2D eigenvalue weighted by Crippen LogP contribution is 2.48. The van der Waals surface area contributed by atoms with Crippen LogP contribution in [-0.4, -0.2) is 62.3 Å². The van der Waals surface area contributed by atoms with Crippen molar-refractivity contribution in [2.75, 3.05) is 19.6 Å². The lowest BCUT2D eigenvalue weighted by molar-refractivity contribution is -0.0791. The van der Waals surface area contributed by atoms with Crippen molar-refractivity contribution in [3.63, 3.8) is 0 Å². The Morgan fingerprint density at radius 1 is 1.31 bits per heavy atom. The minimum Gasteiger partial charge on any atom is -0.350 e. The maximum atomic E-state index is 6.20. The van der Waals surface area contributed by atoms with E-state index in [2.05, 4.69) is 50.8 Å². The third-order valence-corrected chi connectivity index (χ3v) is 6.81. The van der Waals surface area contributed by atoms with Gasteiger partial charge in [0.15, 0.2) is 0 Å². The van der Waals surface area contributed by atoms with Crippen LogP contribution in [0.2, 0.25) is 5.15 Å². The van der Waals surface area contributed by atoms with E-state index in [1.165, 1.54) is 32.5 Å². The fraction of sp³-hybridized carbons (Fsp3) is 0.478. The summed E-state index contributed by atoms with van der Waals surface area (Å²) in [5.41, 5.74) is 3.45. The van der Waals surface area contributed by atoms with Crippen LogP contribution in [0.25, 0.3) is 16.9 Å². The summed E-state index contributed by atoms with van der Waals surface area (Å²) < 4.78 is 3.60. The molecule has 0 radical (unpaired) electrons. The number of hydrogen-bond acceptors (Lipinski definition) is 4. The minimum atomic E-state index is 0.408. The molecule has 3 aromatic heterocycles. The smallest absolute Gasteiger partial charge is 0.240 e. The number of imidazole rings is 1. The Labute approximate surface area is 193 Å². The molecule has 4 heterocycles. The van der Waals surface area contributed by atoms with Gasteiger partial charge in [-0.2, -0.15) is 0 Å². The molecule has 1 saturated carbocycles. The molecule has 0 unspecified atom stereocenters. The van der Waals surface area contributed by atoms with Gasteiger partial charge in [0.25, 0.3) is 0 Å². The van der Waals surface area contributed by atoms with E-state index in [-0.39, 0.29) is 0 Å². The van der Waals surface area contributed by atoms with Gasteiger partial charge in [0.05, 0.1) is 6.20 Å². The number of fused-ring (bicyclic) bond motifs is 1. The highest BCUT2D eigenvalue weighted by molar-refractivity contribution is 6.29. The summed E-state index contributed by atoms with van der Waals surface area (Å²) in [6.07, 6.45) is 9.60. The lowest BCUT2D eigenvalue weighted by Gasteiger charge is -2.59. The van der Waals surface area contributed by atoms with Gasteiger partial charge in [0.1, 0.15) is 5.15 Å². The van der Waals surface area contributed by atoms with Crippen LogP contribution in [0.1, 0.15) is 32.4 Å². The predicted molar refractivity (Wildman–Crippen MR) is 128 cm³/mol. The second kappa shape index (κ2) is 8.01. The molecule has 0 amide bonds. The van der Waals surface area contributed by atoms with Crippen LogP contribution < -0.4 is 5.32 Å². The van der Waals surface area contributed by atoms with Crippen molar-refractivity contribution < 1.29 is 0 Å². The summed E-state index contributed by atoms with van der Waals surface area (Å²) in [7, 11) is 0. The maximum Gasteiger partial charge on any atom is 0.240 e. The van der Waals surface area contributed by atoms with Crippen molar-refractivity contribution in [2.45, 2.75) is 39.7 Å². The molecule has 9 heteroatoms. The number of aromatic nitrogens is 4. The van der Waals surface area contributed by atoms with Gasteiger partial charge in [-0.15, -0.1) is 5.10 Å². The first-order valence-corrected chi connectivity index (χ1v) is 11.5. The van der Waals surface area contributed by atoms with Gasteiger partial charge in [-0.3, -0.25) is 4.40 Å². The van der Waals surface area contributed by atoms with E-state index in [4.69, 9.17) is 11.6 Å². The molecule has 3 aromatic rings. The third kappa shape index (κ3) is 3.82. The Kier molecular flexibility index (Phi) is 5.29. The number of hydrogen-bond donors (Lipinski definition) is 1. The quantitative estimate of drug-likeness (QED) is 0.473. The van der Waals surface area contributed by atoms with Crippen LogP contribution in [0.15, 0.2) is 40.9 Å². The Bertz CT molecular complexity index is 1180. The van der Waals surface area contributed by atoms with Gasteiger partial charge < -0.3 is 10.2 Å². The van der Waals surface area contributed by atoms with Crippen molar-refractivity contribution >= 4 is 30.1 Å². The van der Waals surface area contributed by atoms with Gasteiger partial charge in [0, 0.05) is 61.1 Å². The zero-order chi connectivity index (χ0) is 22.5. The zero-order valence-electron chi connectivity index (χ0n) is 18.8. The van der Waals surface area contributed by atoms with Crippen LogP contribution in [0.5, 0.6) is 0 Å². The SMILES string of the molecule is C=N/C(=N\n1ccc(-c2cnc3ncc(Cl)n3c2)c1C)NC1CC2(C1)CN(CC(C)C)C2. The number of guanidine groups is 1. The average Bonchev–Trinajstić information content (AvgIpc) is 3.26. The molecule has 1 spiro atoms. The molecule has 0 bridgehead atoms. The molecule has 32 heavy (non-hydrogen) atoms. The number of aliphatic imine (C=N–C) groups is 1. The predicted octanol–water partition coefficient (Wildman–Crippen LogP) is 3.69. The number of halogens is 1. The Balaban J connectivity index is 1.26. The molecule has 2 aliphatic rings. The first-order chi connectivity index (χ1) is 15.4. The van der Waals surface area contributed by atoms with Crippen LogP contribution in [0.4, 0.5) is 0 Å². The first kappa shape index (κ1) is 21.2. The van der Waals surface area contributed by atoms with E-state index in [0.717, 1.165) is 22.7 Å². The van der Waals surface area contributed by atoms with Gasteiger partial charge in [-0.25, -0.2) is 19.6 Å². The number of rotatable bonds is 5. The van der Waals surface area contributed by atoms with Gasteiger partial charge in [-0.05, 0) is 43.9 Å². The fourth-order valence-electron chi connectivity index (χ4n) is 5.18. The van der Waals surface area contributed by atoms with E-state index in [9.17, 15) is 0 Å². The molecule has 0 atom stereocenters. The largest absolute Gasteiger partial charge is 0.350 e. The van der Waals surface area contributed by atoms with Crippen molar-refractivity contribution in [1.29, 1.82) is 0 Å². The second-order valence-corrected chi connectivity index (χ2v) is 10.0. The summed E-state index contributed by atoms with van der Waals surface area (Å²) in [6, 6.07) is 2.43. The van der Waals surface area contributed by atoms with E-state index < -0.39 is 0 Å². The summed E-state index contributed by atoms with van der Waals surface area (Å²) in [6.45, 7) is 13.9. The number of likely N-dealkylation sites (tertiary alicyclic amines) is 1. The second-order valence-electron chi connectivity index (χ2n) is 9.65. The maximum absolute atomic E-state index is 6.20. The van der Waals surface area contributed by atoms with Crippen LogP contribution in [-0.2, 0) is 0 Å². The lowest BCUT2D eigenvalue weighted by Crippen LogP contribution is -2.66. The monoisotopic (exact) mass is 452 g/mol. The topological polar surface area (TPSA) is 75.1 Å². The normalized spacial score (nSPS) is 18.8. The van der Waals surface area contributed by atoms with Crippen molar-refractivity contribution in [2.24, 2.45) is 21.4 Å². The molecule has 2 fully saturated rings. The molecular formula is C23H29ClN8. The summed E-state index contributed by atoms with van der Waals surface area (Å²) in [4.78, 5) is 15.3. The van der Waals surface area contributed by atoms with Crippen LogP contribution in [0, 0.1) is 18.3 Å². The molecule has 0 aromatic carbocycles. The summed E-state index contributed by atoms with van der Waals surface area (Å²) >= 11 is 6.20. The summed E-state index contributed by atoms with van der Waals surface area (Å²) in [5.74, 6) is 1.86. The first-order valence-electron chi connectivity index (χ1n) is 11.1. The van der Waals surface area contributed by atoms with E-state index in [1.54, 1.807) is 16.8 Å². The van der Waals surface area contributed by atoms with E-state index in [0.29, 0.717) is 28.3 Å². The van der Waals surface area contributed by atoms with Gasteiger partial charge in [-0.1, -0.05) is 25.4 Å². The Morgan fingerprint density at radius 3 is 2.78 bits per heavy atom. The van der Waals surface area contributed by atoms with E-state index >= 15 is 0 Å². The van der Waals surface area contributed by atoms with Crippen molar-refractivity contribution in [3.8, 4) is 11.1 Å². The molecule has 8 nitrogen and oxygen atoms in total. The van der Waals surface area contributed by atoms with Gasteiger partial charge >= 0.3 is 0 Å². The fourth-order valence-corrected chi connectivity index (χ4v) is 5.36. The lowest BCUT2D eigenvalue weighted by atomic mass is 9.60. The molecular weight excluding hydrogens is 424 g/mol. The van der Waals surface area contributed by atoms with Crippen LogP contribution >= 0.6 is 11.6 Å². The molecule has 5 rings (SSSR count). The summed E-state index contributed by atoms with van der Waals surface area (Å²) in [5, 5.41) is 8.68. The zero-order valence-corrected chi connectivity index (χ0v) is 19.5. The number of nitrogens with zero attached hydrogens (tertiary/aromatic N) is 7. The highest BCUT2D eigenvalue weighted by atomic mass is 35.5. The highest BCUT2D eigenvalue weighted by Gasteiger charge is 2.52. The Hall–Kier alpha value is -2.71. The molecule has 1 N–H and O–H groups in total. The minimum absolute atomic E-state index is 0.408. The molecule has 1 aliphatic carbocycles. The van der Waals surface area contributed by atoms with Crippen molar-refractivity contribution in [1.82, 2.24) is 29.3 Å². The molecule has 1 saturated heterocycles. The van der Waals surface area contributed by atoms with Crippen molar-refractivity contribution in [3.05, 3.63) is 41.7 Å². The molecule has 168 valence electrons. The van der Waals surface area contributed by atoms with Crippen LogP contribution in [0.3, 0.4) is 0 Å². The number of nitrogens with one attached hydrogen (secondary N) is 1. The average molecular weight is 453 g/mol. The molecule has 1 aliphatic heterocycles.